The Morgan fingerprint density at radius 3 is 2.50 bits per heavy atom. The zero-order valence-corrected chi connectivity index (χ0v) is 11.6. The zero-order valence-electron chi connectivity index (χ0n) is 10.0. The number of hydrogen-bond donors (Lipinski definition) is 2. The molecule has 2 N–H and O–H groups in total. The molecule has 1 atom stereocenters. The number of aliphatic carboxylic acids is 1. The molecule has 0 radical (unpaired) electrons. The standard InChI is InChI=1S/C10H10ClF2NO5S/c1-5(9(15)16)14-20(17,18)6-2-3-8(7(11)4-6)19-10(12)13/h2-5,10,14H,1H3,(H,15,16)/t5-/m1/s1. The summed E-state index contributed by atoms with van der Waals surface area (Å²) >= 11 is 5.61. The lowest BCUT2D eigenvalue weighted by atomic mass is 10.3. The van der Waals surface area contributed by atoms with Crippen LogP contribution in [0.25, 0.3) is 0 Å². The molecule has 0 saturated heterocycles. The van der Waals surface area contributed by atoms with Gasteiger partial charge in [-0.1, -0.05) is 11.6 Å². The average Bonchev–Trinajstić information content (AvgIpc) is 2.30. The van der Waals surface area contributed by atoms with Gasteiger partial charge in [-0.3, -0.25) is 4.79 Å². The molecule has 112 valence electrons. The minimum absolute atomic E-state index is 0.337. The van der Waals surface area contributed by atoms with E-state index in [2.05, 4.69) is 4.74 Å². The molecule has 0 aromatic heterocycles. The van der Waals surface area contributed by atoms with Gasteiger partial charge in [0.1, 0.15) is 11.8 Å². The van der Waals surface area contributed by atoms with Crippen molar-refractivity contribution in [2.45, 2.75) is 24.5 Å². The number of hydrogen-bond acceptors (Lipinski definition) is 4. The summed E-state index contributed by atoms with van der Waals surface area (Å²) in [4.78, 5) is 10.2. The lowest BCUT2D eigenvalue weighted by Crippen LogP contribution is -2.38. The second-order valence-electron chi connectivity index (χ2n) is 3.65. The van der Waals surface area contributed by atoms with E-state index >= 15 is 0 Å². The molecule has 0 saturated carbocycles. The summed E-state index contributed by atoms with van der Waals surface area (Å²) in [5.74, 6) is -1.75. The third-order valence-corrected chi connectivity index (χ3v) is 3.97. The number of alkyl halides is 2. The van der Waals surface area contributed by atoms with Gasteiger partial charge in [0.05, 0.1) is 9.92 Å². The third kappa shape index (κ3) is 4.29. The van der Waals surface area contributed by atoms with Crippen LogP contribution >= 0.6 is 11.6 Å². The van der Waals surface area contributed by atoms with E-state index in [-0.39, 0.29) is 15.7 Å². The van der Waals surface area contributed by atoms with Gasteiger partial charge in [0.15, 0.2) is 0 Å². The van der Waals surface area contributed by atoms with Crippen LogP contribution in [0.3, 0.4) is 0 Å². The maximum absolute atomic E-state index is 12.0. The minimum atomic E-state index is -4.13. The Morgan fingerprint density at radius 1 is 1.45 bits per heavy atom. The van der Waals surface area contributed by atoms with Crippen molar-refractivity contribution in [3.05, 3.63) is 23.2 Å². The molecule has 0 heterocycles. The van der Waals surface area contributed by atoms with Crippen molar-refractivity contribution in [3.8, 4) is 5.75 Å². The van der Waals surface area contributed by atoms with Gasteiger partial charge in [0.25, 0.3) is 0 Å². The highest BCUT2D eigenvalue weighted by Crippen LogP contribution is 2.28. The Bertz CT molecular complexity index is 608. The predicted octanol–water partition coefficient (Wildman–Crippen LogP) is 1.69. The van der Waals surface area contributed by atoms with Gasteiger partial charge in [-0.15, -0.1) is 0 Å². The number of rotatable bonds is 6. The first-order valence-electron chi connectivity index (χ1n) is 5.13. The van der Waals surface area contributed by atoms with E-state index < -0.39 is 28.6 Å². The van der Waals surface area contributed by atoms with Gasteiger partial charge in [0, 0.05) is 0 Å². The lowest BCUT2D eigenvalue weighted by molar-refractivity contribution is -0.138. The first-order valence-corrected chi connectivity index (χ1v) is 6.99. The normalized spacial score (nSPS) is 13.2. The van der Waals surface area contributed by atoms with Gasteiger partial charge in [-0.05, 0) is 25.1 Å². The smallest absolute Gasteiger partial charge is 0.387 e. The first-order chi connectivity index (χ1) is 9.13. The summed E-state index contributed by atoms with van der Waals surface area (Å²) in [6, 6.07) is 1.46. The predicted molar refractivity (Wildman–Crippen MR) is 65.5 cm³/mol. The molecule has 0 spiro atoms. The maximum atomic E-state index is 12.0. The fraction of sp³-hybridized carbons (Fsp3) is 0.300. The van der Waals surface area contributed by atoms with Crippen molar-refractivity contribution in [1.29, 1.82) is 0 Å². The van der Waals surface area contributed by atoms with Crippen LogP contribution in [0.4, 0.5) is 8.78 Å². The molecule has 0 unspecified atom stereocenters. The van der Waals surface area contributed by atoms with E-state index in [1.54, 1.807) is 0 Å². The Balaban J connectivity index is 3.03. The van der Waals surface area contributed by atoms with Crippen LogP contribution in [-0.2, 0) is 14.8 Å². The quantitative estimate of drug-likeness (QED) is 0.828. The van der Waals surface area contributed by atoms with E-state index in [9.17, 15) is 22.0 Å². The van der Waals surface area contributed by atoms with Gasteiger partial charge in [-0.25, -0.2) is 8.42 Å². The monoisotopic (exact) mass is 329 g/mol. The van der Waals surface area contributed by atoms with Crippen LogP contribution in [0.15, 0.2) is 23.1 Å². The van der Waals surface area contributed by atoms with Crippen molar-refractivity contribution in [1.82, 2.24) is 4.72 Å². The van der Waals surface area contributed by atoms with Crippen LogP contribution in [0.2, 0.25) is 5.02 Å². The molecule has 0 aliphatic rings. The second-order valence-corrected chi connectivity index (χ2v) is 5.77. The van der Waals surface area contributed by atoms with E-state index in [0.29, 0.717) is 0 Å². The highest BCUT2D eigenvalue weighted by molar-refractivity contribution is 7.89. The summed E-state index contributed by atoms with van der Waals surface area (Å²) in [5.41, 5.74) is 0. The number of sulfonamides is 1. The topological polar surface area (TPSA) is 92.7 Å². The summed E-state index contributed by atoms with van der Waals surface area (Å²) in [6.07, 6.45) is 0. The largest absolute Gasteiger partial charge is 0.480 e. The molecule has 0 fully saturated rings. The number of carboxylic acid groups (broad SMARTS) is 1. The summed E-state index contributed by atoms with van der Waals surface area (Å²) in [6.45, 7) is -1.96. The molecule has 10 heteroatoms. The van der Waals surface area contributed by atoms with Gasteiger partial charge in [-0.2, -0.15) is 13.5 Å². The molecular weight excluding hydrogens is 320 g/mol. The van der Waals surface area contributed by atoms with Crippen LogP contribution in [0.5, 0.6) is 5.75 Å². The van der Waals surface area contributed by atoms with Gasteiger partial charge < -0.3 is 9.84 Å². The fourth-order valence-electron chi connectivity index (χ4n) is 1.19. The molecule has 20 heavy (non-hydrogen) atoms. The minimum Gasteiger partial charge on any atom is -0.480 e. The zero-order chi connectivity index (χ0) is 15.5. The van der Waals surface area contributed by atoms with Crippen LogP contribution in [-0.4, -0.2) is 32.1 Å². The van der Waals surface area contributed by atoms with Crippen LogP contribution < -0.4 is 9.46 Å². The van der Waals surface area contributed by atoms with Crippen molar-refractivity contribution in [2.75, 3.05) is 0 Å². The van der Waals surface area contributed by atoms with Crippen molar-refractivity contribution in [3.63, 3.8) is 0 Å². The SMILES string of the molecule is C[C@@H](NS(=O)(=O)c1ccc(OC(F)F)c(Cl)c1)C(=O)O. The highest BCUT2D eigenvalue weighted by atomic mass is 35.5. The summed E-state index contributed by atoms with van der Waals surface area (Å²) in [5, 5.41) is 8.30. The molecule has 0 aliphatic heterocycles. The third-order valence-electron chi connectivity index (χ3n) is 2.13. The molecule has 0 amide bonds. The molecule has 1 rings (SSSR count). The Hall–Kier alpha value is -1.45. The average molecular weight is 330 g/mol. The first kappa shape index (κ1) is 16.6. The number of nitrogens with one attached hydrogen (secondary N) is 1. The highest BCUT2D eigenvalue weighted by Gasteiger charge is 2.22. The summed E-state index contributed by atoms with van der Waals surface area (Å²) in [7, 11) is -4.13. The van der Waals surface area contributed by atoms with Crippen molar-refractivity contribution in [2.24, 2.45) is 0 Å². The molecule has 1 aromatic rings. The van der Waals surface area contributed by atoms with E-state index in [1.165, 1.54) is 0 Å². The molecule has 0 aliphatic carbocycles. The van der Waals surface area contributed by atoms with Crippen LogP contribution in [0, 0.1) is 0 Å². The number of halogens is 3. The Kier molecular flexibility index (Phi) is 5.26. The number of ether oxygens (including phenoxy) is 1. The van der Waals surface area contributed by atoms with E-state index in [0.717, 1.165) is 25.1 Å². The van der Waals surface area contributed by atoms with E-state index in [4.69, 9.17) is 16.7 Å². The van der Waals surface area contributed by atoms with Crippen LogP contribution in [0.1, 0.15) is 6.92 Å². The number of carbonyl (C=O) groups is 1. The molecule has 1 aromatic carbocycles. The molecule has 0 bridgehead atoms. The second kappa shape index (κ2) is 6.33. The van der Waals surface area contributed by atoms with Gasteiger partial charge in [0.2, 0.25) is 10.0 Å². The Morgan fingerprint density at radius 2 is 2.05 bits per heavy atom. The Labute approximate surface area is 118 Å². The van der Waals surface area contributed by atoms with Crippen molar-refractivity contribution < 1.29 is 31.8 Å². The fourth-order valence-corrected chi connectivity index (χ4v) is 2.70. The summed E-state index contributed by atoms with van der Waals surface area (Å²) < 4.78 is 53.6. The molecular formula is C10H10ClF2NO5S. The molecule has 6 nitrogen and oxygen atoms in total. The van der Waals surface area contributed by atoms with Gasteiger partial charge >= 0.3 is 12.6 Å². The van der Waals surface area contributed by atoms with E-state index in [1.807, 2.05) is 4.72 Å². The number of carboxylic acids is 1. The lowest BCUT2D eigenvalue weighted by Gasteiger charge is -2.12. The maximum Gasteiger partial charge on any atom is 0.387 e. The number of benzene rings is 1. The van der Waals surface area contributed by atoms with Crippen molar-refractivity contribution >= 4 is 27.6 Å².